The van der Waals surface area contributed by atoms with Crippen LogP contribution in [0.25, 0.3) is 5.53 Å². The van der Waals surface area contributed by atoms with Crippen molar-refractivity contribution in [3.05, 3.63) is 52.1 Å². The molecule has 0 heterocycles. The summed E-state index contributed by atoms with van der Waals surface area (Å²) in [6.45, 7) is 16.4. The molecule has 0 amide bonds. The lowest BCUT2D eigenvalue weighted by atomic mass is 10.0. The summed E-state index contributed by atoms with van der Waals surface area (Å²) >= 11 is 0. The van der Waals surface area contributed by atoms with Gasteiger partial charge in [0.1, 0.15) is 11.5 Å². The third-order valence-corrected chi connectivity index (χ3v) is 14.4. The number of nitrogens with zero attached hydrogens (tertiary/aromatic N) is 2. The molecule has 10 heteroatoms. The van der Waals surface area contributed by atoms with Crippen molar-refractivity contribution in [1.82, 2.24) is 0 Å². The van der Waals surface area contributed by atoms with Crippen molar-refractivity contribution in [3.63, 3.8) is 0 Å². The Labute approximate surface area is 323 Å². The Morgan fingerprint density at radius 1 is 0.547 bits per heavy atom. The summed E-state index contributed by atoms with van der Waals surface area (Å²) in [4.78, 5) is 2.50. The van der Waals surface area contributed by atoms with Gasteiger partial charge in [-0.3, -0.25) is 0 Å². The van der Waals surface area contributed by atoms with Crippen molar-refractivity contribution in [2.24, 2.45) is 0 Å². The highest BCUT2D eigenvalue weighted by Gasteiger charge is 2.46. The van der Waals surface area contributed by atoms with Crippen molar-refractivity contribution in [2.45, 2.75) is 193 Å². The Morgan fingerprint density at radius 2 is 0.849 bits per heavy atom. The molecule has 0 saturated heterocycles. The number of rotatable bonds is 26. The van der Waals surface area contributed by atoms with Crippen molar-refractivity contribution in [3.8, 4) is 11.5 Å². The molecule has 0 saturated carbocycles. The molecule has 2 aromatic rings. The van der Waals surface area contributed by atoms with Crippen LogP contribution in [0.3, 0.4) is 0 Å². The Morgan fingerprint density at radius 3 is 1.13 bits per heavy atom. The molecule has 0 unspecified atom stereocenters. The quantitative estimate of drug-likeness (QED) is 0.0308. The molecular formula is C43H70N2O6S2. The van der Waals surface area contributed by atoms with Gasteiger partial charge in [-0.25, -0.2) is 16.8 Å². The normalized spacial score (nSPS) is 12.0. The summed E-state index contributed by atoms with van der Waals surface area (Å²) in [6, 6.07) is 6.24. The third kappa shape index (κ3) is 14.5. The number of sulfone groups is 2. The zero-order valence-corrected chi connectivity index (χ0v) is 35.9. The molecule has 8 nitrogen and oxygen atoms in total. The topological polar surface area (TPSA) is 123 Å². The van der Waals surface area contributed by atoms with Crippen LogP contribution in [0.15, 0.2) is 34.1 Å². The molecule has 0 aliphatic carbocycles. The van der Waals surface area contributed by atoms with Crippen LogP contribution in [0.5, 0.6) is 11.5 Å². The van der Waals surface area contributed by atoms with E-state index in [2.05, 4.69) is 18.6 Å². The van der Waals surface area contributed by atoms with E-state index in [9.17, 15) is 22.4 Å². The number of hydrogen-bond acceptors (Lipinski definition) is 6. The molecule has 0 N–H and O–H groups in total. The minimum absolute atomic E-state index is 0.104. The molecule has 0 aromatic heterocycles. The highest BCUT2D eigenvalue weighted by molar-refractivity contribution is 8.31. The van der Waals surface area contributed by atoms with Gasteiger partial charge in [-0.05, 0) is 85.0 Å². The number of ether oxygens (including phenoxy) is 2. The molecule has 0 aliphatic heterocycles. The van der Waals surface area contributed by atoms with Crippen molar-refractivity contribution >= 4 is 24.1 Å². The monoisotopic (exact) mass is 774 g/mol. The average Bonchev–Trinajstić information content (AvgIpc) is 3.09. The molecule has 0 radical (unpaired) electrons. The smallest absolute Gasteiger partial charge is 0.493 e. The minimum atomic E-state index is -4.77. The zero-order chi connectivity index (χ0) is 39.4. The summed E-state index contributed by atoms with van der Waals surface area (Å²) in [6.07, 6.45) is 21.5. The first-order valence-electron chi connectivity index (χ1n) is 20.5. The van der Waals surface area contributed by atoms with Crippen LogP contribution < -0.4 is 9.47 Å². The molecule has 0 bridgehead atoms. The van der Waals surface area contributed by atoms with Gasteiger partial charge in [-0.15, -0.1) is 4.79 Å². The highest BCUT2D eigenvalue weighted by atomic mass is 32.3. The van der Waals surface area contributed by atoms with Gasteiger partial charge >= 0.3 is 4.38 Å². The zero-order valence-electron chi connectivity index (χ0n) is 34.3. The van der Waals surface area contributed by atoms with Gasteiger partial charge < -0.3 is 15.0 Å². The molecule has 300 valence electrons. The van der Waals surface area contributed by atoms with E-state index >= 15 is 0 Å². The summed E-state index contributed by atoms with van der Waals surface area (Å²) in [5, 5.41) is 0. The van der Waals surface area contributed by atoms with Gasteiger partial charge in [0.25, 0.3) is 19.7 Å². The van der Waals surface area contributed by atoms with E-state index in [1.807, 2.05) is 27.7 Å². The third-order valence-electron chi connectivity index (χ3n) is 9.99. The second-order valence-corrected chi connectivity index (χ2v) is 19.3. The van der Waals surface area contributed by atoms with Crippen molar-refractivity contribution in [2.75, 3.05) is 13.2 Å². The van der Waals surface area contributed by atoms with Gasteiger partial charge in [0.05, 0.1) is 23.0 Å². The second kappa shape index (κ2) is 24.0. The maximum atomic E-state index is 14.1. The lowest BCUT2D eigenvalue weighted by molar-refractivity contribution is 0.00379. The predicted molar refractivity (Wildman–Crippen MR) is 219 cm³/mol. The van der Waals surface area contributed by atoms with Gasteiger partial charge in [0.15, 0.2) is 0 Å². The summed E-state index contributed by atoms with van der Waals surface area (Å²) in [7, 11) is -9.54. The van der Waals surface area contributed by atoms with E-state index in [0.29, 0.717) is 47.0 Å². The van der Waals surface area contributed by atoms with Crippen molar-refractivity contribution < 1.29 is 31.1 Å². The van der Waals surface area contributed by atoms with E-state index in [-0.39, 0.29) is 21.6 Å². The van der Waals surface area contributed by atoms with Crippen LogP contribution >= 0.6 is 0 Å². The summed E-state index contributed by atoms with van der Waals surface area (Å²) < 4.78 is 67.5. The van der Waals surface area contributed by atoms with E-state index < -0.39 is 24.1 Å². The van der Waals surface area contributed by atoms with Gasteiger partial charge in [-0.1, -0.05) is 144 Å². The molecule has 2 aromatic carbocycles. The summed E-state index contributed by atoms with van der Waals surface area (Å²) in [5.74, 6) is 0.953. The molecule has 0 fully saturated rings. The molecule has 0 spiro atoms. The maximum absolute atomic E-state index is 14.1. The standard InChI is InChI=1S/C43H70N2O6S2/c1-9-11-13-15-17-19-21-23-25-27-50-39-29-35(7)41(31-37(39)33(3)4)52(46,47)43(45-44)53(48,49)42-32-38(34(5)6)40(30-36(42)8)51-28-26-24-22-20-18-16-14-12-10-2/h29-34H,9-28H2,1-8H3. The van der Waals surface area contributed by atoms with Crippen LogP contribution in [-0.4, -0.2) is 39.2 Å². The fourth-order valence-corrected chi connectivity index (χ4v) is 10.5. The number of hydrogen-bond donors (Lipinski definition) is 0. The first kappa shape index (κ1) is 46.5. The van der Waals surface area contributed by atoms with Gasteiger partial charge in [0, 0.05) is 0 Å². The maximum Gasteiger partial charge on any atom is 0.504 e. The minimum Gasteiger partial charge on any atom is -0.493 e. The SMILES string of the molecule is CCCCCCCCCCCOc1cc(C)c(S(=O)(=O)C(=[N+]=[N-])S(=O)(=O)c2cc(C(C)C)c(OCCCCCCCCCCC)cc2C)cc1C(C)C. The van der Waals surface area contributed by atoms with Crippen LogP contribution in [0, 0.1) is 13.8 Å². The Kier molecular flexibility index (Phi) is 21.0. The second-order valence-electron chi connectivity index (χ2n) is 15.3. The Hall–Kier alpha value is -2.68. The largest absolute Gasteiger partial charge is 0.504 e. The number of benzene rings is 2. The number of unbranched alkanes of at least 4 members (excludes halogenated alkanes) is 16. The van der Waals surface area contributed by atoms with E-state index in [1.54, 1.807) is 26.0 Å². The fraction of sp³-hybridized carbons (Fsp3) is 0.698. The van der Waals surface area contributed by atoms with Gasteiger partial charge in [0.2, 0.25) is 0 Å². The summed E-state index contributed by atoms with van der Waals surface area (Å²) in [5.41, 5.74) is 12.0. The number of aryl methyl sites for hydroxylation is 2. The van der Waals surface area contributed by atoms with Crippen LogP contribution in [-0.2, 0) is 19.7 Å². The van der Waals surface area contributed by atoms with Crippen LogP contribution in [0.2, 0.25) is 0 Å². The predicted octanol–water partition coefficient (Wildman–Crippen LogP) is 12.2. The lowest BCUT2D eigenvalue weighted by Gasteiger charge is -2.18. The average molecular weight is 775 g/mol. The molecule has 0 aliphatic rings. The Bertz CT molecular complexity index is 1560. The van der Waals surface area contributed by atoms with E-state index in [1.165, 1.54) is 89.2 Å². The van der Waals surface area contributed by atoms with Crippen LogP contribution in [0.1, 0.15) is 191 Å². The highest BCUT2D eigenvalue weighted by Crippen LogP contribution is 2.36. The first-order valence-corrected chi connectivity index (χ1v) is 23.5. The van der Waals surface area contributed by atoms with E-state index in [0.717, 1.165) is 38.5 Å². The first-order chi connectivity index (χ1) is 25.2. The lowest BCUT2D eigenvalue weighted by Crippen LogP contribution is -2.28. The van der Waals surface area contributed by atoms with Gasteiger partial charge in [-0.2, -0.15) is 0 Å². The molecule has 2 rings (SSSR count). The Balaban J connectivity index is 2.22. The fourth-order valence-electron chi connectivity index (χ4n) is 6.72. The molecule has 0 atom stereocenters. The van der Waals surface area contributed by atoms with Crippen LogP contribution in [0.4, 0.5) is 0 Å². The van der Waals surface area contributed by atoms with Crippen molar-refractivity contribution in [1.29, 1.82) is 0 Å². The molecule has 53 heavy (non-hydrogen) atoms. The van der Waals surface area contributed by atoms with E-state index in [4.69, 9.17) is 9.47 Å². The molecular weight excluding hydrogens is 705 g/mol.